The first-order chi connectivity index (χ1) is 17.4. The normalized spacial score (nSPS) is 16.2. The maximum Gasteiger partial charge on any atom is 0.311 e. The Morgan fingerprint density at radius 1 is 1.14 bits per heavy atom. The molecule has 0 radical (unpaired) electrons. The molecule has 1 heterocycles. The van der Waals surface area contributed by atoms with Gasteiger partial charge in [0.15, 0.2) is 5.76 Å². The summed E-state index contributed by atoms with van der Waals surface area (Å²) in [6.45, 7) is 5.85. The summed E-state index contributed by atoms with van der Waals surface area (Å²) in [5, 5.41) is 4.65. The lowest BCUT2D eigenvalue weighted by atomic mass is 9.86. The van der Waals surface area contributed by atoms with Gasteiger partial charge in [-0.1, -0.05) is 65.3 Å². The van der Waals surface area contributed by atoms with Gasteiger partial charge in [0.25, 0.3) is 0 Å². The van der Waals surface area contributed by atoms with Gasteiger partial charge < -0.3 is 14.0 Å². The minimum Gasteiger partial charge on any atom is -0.466 e. The summed E-state index contributed by atoms with van der Waals surface area (Å²) in [5.41, 5.74) is 5.27. The summed E-state index contributed by atoms with van der Waals surface area (Å²) >= 11 is 6.24. The Bertz CT molecular complexity index is 1260. The SMILES string of the molecule is CCOC(=O)C1CC=C(c2ccc(-c3onc(C)c3CC(=O)OC(C)c3ccccc3Cl)cc2)CC1. The van der Waals surface area contributed by atoms with Crippen LogP contribution in [0.1, 0.15) is 61.6 Å². The van der Waals surface area contributed by atoms with Crippen molar-refractivity contribution in [3.63, 3.8) is 0 Å². The molecule has 0 aliphatic heterocycles. The molecule has 0 saturated carbocycles. The zero-order valence-corrected chi connectivity index (χ0v) is 21.5. The third kappa shape index (κ3) is 5.88. The molecule has 1 aliphatic rings. The summed E-state index contributed by atoms with van der Waals surface area (Å²) in [7, 11) is 0. The van der Waals surface area contributed by atoms with Crippen molar-refractivity contribution in [2.24, 2.45) is 5.92 Å². The lowest BCUT2D eigenvalue weighted by Gasteiger charge is -2.20. The number of aryl methyl sites for hydroxylation is 1. The fourth-order valence-electron chi connectivity index (χ4n) is 4.48. The smallest absolute Gasteiger partial charge is 0.311 e. The van der Waals surface area contributed by atoms with E-state index in [-0.39, 0.29) is 24.3 Å². The molecule has 188 valence electrons. The van der Waals surface area contributed by atoms with Crippen LogP contribution in [0, 0.1) is 12.8 Å². The maximum absolute atomic E-state index is 12.7. The Balaban J connectivity index is 1.44. The third-order valence-corrected chi connectivity index (χ3v) is 6.85. The first kappa shape index (κ1) is 25.7. The fraction of sp³-hybridized carbons (Fsp3) is 0.345. The van der Waals surface area contributed by atoms with Crippen LogP contribution in [0.2, 0.25) is 5.02 Å². The van der Waals surface area contributed by atoms with E-state index in [0.29, 0.717) is 35.1 Å². The summed E-state index contributed by atoms with van der Waals surface area (Å²) in [6.07, 6.45) is 4.00. The van der Waals surface area contributed by atoms with E-state index in [1.807, 2.05) is 56.3 Å². The van der Waals surface area contributed by atoms with Crippen molar-refractivity contribution in [1.82, 2.24) is 5.16 Å². The Labute approximate surface area is 216 Å². The van der Waals surface area contributed by atoms with E-state index in [4.69, 9.17) is 25.6 Å². The molecule has 2 aromatic carbocycles. The number of nitrogens with zero attached hydrogens (tertiary/aromatic N) is 1. The van der Waals surface area contributed by atoms with Crippen molar-refractivity contribution in [2.45, 2.75) is 52.6 Å². The highest BCUT2D eigenvalue weighted by Gasteiger charge is 2.24. The van der Waals surface area contributed by atoms with E-state index >= 15 is 0 Å². The zero-order chi connectivity index (χ0) is 25.7. The largest absolute Gasteiger partial charge is 0.466 e. The average Bonchev–Trinajstić information content (AvgIpc) is 3.24. The molecule has 1 aliphatic carbocycles. The van der Waals surface area contributed by atoms with Gasteiger partial charge in [0.2, 0.25) is 0 Å². The van der Waals surface area contributed by atoms with Gasteiger partial charge in [-0.15, -0.1) is 0 Å². The number of benzene rings is 2. The van der Waals surface area contributed by atoms with Gasteiger partial charge in [0, 0.05) is 21.7 Å². The molecule has 3 aromatic rings. The van der Waals surface area contributed by atoms with Crippen LogP contribution < -0.4 is 0 Å². The first-order valence-electron chi connectivity index (χ1n) is 12.2. The lowest BCUT2D eigenvalue weighted by Crippen LogP contribution is -2.19. The molecule has 0 N–H and O–H groups in total. The van der Waals surface area contributed by atoms with Crippen LogP contribution in [0.3, 0.4) is 0 Å². The molecular formula is C29H30ClNO5. The Hall–Kier alpha value is -3.38. The monoisotopic (exact) mass is 507 g/mol. The van der Waals surface area contributed by atoms with Gasteiger partial charge in [-0.2, -0.15) is 0 Å². The van der Waals surface area contributed by atoms with E-state index in [0.717, 1.165) is 29.5 Å². The average molecular weight is 508 g/mol. The molecule has 0 bridgehead atoms. The van der Waals surface area contributed by atoms with Gasteiger partial charge in [0.1, 0.15) is 6.10 Å². The molecule has 7 heteroatoms. The lowest BCUT2D eigenvalue weighted by molar-refractivity contribution is -0.148. The van der Waals surface area contributed by atoms with Crippen molar-refractivity contribution in [1.29, 1.82) is 0 Å². The van der Waals surface area contributed by atoms with E-state index < -0.39 is 6.10 Å². The highest BCUT2D eigenvalue weighted by Crippen LogP contribution is 2.33. The molecule has 0 amide bonds. The van der Waals surface area contributed by atoms with Crippen LogP contribution in [0.25, 0.3) is 16.9 Å². The maximum atomic E-state index is 12.7. The predicted molar refractivity (Wildman–Crippen MR) is 138 cm³/mol. The second-order valence-corrected chi connectivity index (χ2v) is 9.34. The van der Waals surface area contributed by atoms with Crippen molar-refractivity contribution >= 4 is 29.1 Å². The van der Waals surface area contributed by atoms with Gasteiger partial charge >= 0.3 is 11.9 Å². The second kappa shape index (κ2) is 11.6. The molecular weight excluding hydrogens is 478 g/mol. The van der Waals surface area contributed by atoms with Crippen LogP contribution in [0.15, 0.2) is 59.1 Å². The molecule has 2 atom stereocenters. The summed E-state index contributed by atoms with van der Waals surface area (Å²) < 4.78 is 16.4. The number of ether oxygens (including phenoxy) is 2. The molecule has 4 rings (SSSR count). The van der Waals surface area contributed by atoms with Crippen LogP contribution >= 0.6 is 11.6 Å². The number of carbonyl (C=O) groups is 2. The van der Waals surface area contributed by atoms with E-state index in [1.54, 1.807) is 13.0 Å². The third-order valence-electron chi connectivity index (χ3n) is 6.51. The van der Waals surface area contributed by atoms with Crippen LogP contribution in [-0.4, -0.2) is 23.7 Å². The molecule has 0 fully saturated rings. The number of hydrogen-bond acceptors (Lipinski definition) is 6. The highest BCUT2D eigenvalue weighted by atomic mass is 35.5. The van der Waals surface area contributed by atoms with E-state index in [2.05, 4.69) is 11.2 Å². The standard InChI is InChI=1S/C29H30ClNO5/c1-4-34-29(33)23-15-11-21(12-16-23)20-9-13-22(14-10-20)28-25(18(2)31-36-28)17-27(32)35-19(3)24-7-5-6-8-26(24)30/h5-11,13-14,19,23H,4,12,15-17H2,1-3H3. The van der Waals surface area contributed by atoms with Crippen LogP contribution in [0.4, 0.5) is 0 Å². The summed E-state index contributed by atoms with van der Waals surface area (Å²) in [5.74, 6) is 0.000689. The Morgan fingerprint density at radius 2 is 1.86 bits per heavy atom. The highest BCUT2D eigenvalue weighted by molar-refractivity contribution is 6.31. The van der Waals surface area contributed by atoms with E-state index in [9.17, 15) is 9.59 Å². The Kier molecular flexibility index (Phi) is 8.26. The molecule has 36 heavy (non-hydrogen) atoms. The number of carbonyl (C=O) groups excluding carboxylic acids is 2. The number of esters is 2. The molecule has 6 nitrogen and oxygen atoms in total. The quantitative estimate of drug-likeness (QED) is 0.309. The van der Waals surface area contributed by atoms with Gasteiger partial charge in [-0.3, -0.25) is 9.59 Å². The number of halogens is 1. The molecule has 0 saturated heterocycles. The topological polar surface area (TPSA) is 78.6 Å². The van der Waals surface area contributed by atoms with Crippen molar-refractivity contribution < 1.29 is 23.6 Å². The van der Waals surface area contributed by atoms with Crippen LogP contribution in [-0.2, 0) is 25.5 Å². The molecule has 0 spiro atoms. The fourth-order valence-corrected chi connectivity index (χ4v) is 4.77. The Morgan fingerprint density at radius 3 is 2.53 bits per heavy atom. The van der Waals surface area contributed by atoms with Crippen LogP contribution in [0.5, 0.6) is 0 Å². The number of aromatic nitrogens is 1. The number of allylic oxidation sites excluding steroid dienone is 2. The van der Waals surface area contributed by atoms with Crippen molar-refractivity contribution in [3.8, 4) is 11.3 Å². The van der Waals surface area contributed by atoms with Gasteiger partial charge in [0.05, 0.1) is 24.6 Å². The molecule has 1 aromatic heterocycles. The van der Waals surface area contributed by atoms with E-state index in [1.165, 1.54) is 5.57 Å². The predicted octanol–water partition coefficient (Wildman–Crippen LogP) is 6.90. The summed E-state index contributed by atoms with van der Waals surface area (Å²) in [6, 6.07) is 15.3. The van der Waals surface area contributed by atoms with Crippen molar-refractivity contribution in [2.75, 3.05) is 6.61 Å². The number of hydrogen-bond donors (Lipinski definition) is 0. The zero-order valence-electron chi connectivity index (χ0n) is 20.8. The van der Waals surface area contributed by atoms with Gasteiger partial charge in [-0.05, 0) is 57.2 Å². The minimum atomic E-state index is -0.471. The second-order valence-electron chi connectivity index (χ2n) is 8.94. The first-order valence-corrected chi connectivity index (χ1v) is 12.6. The summed E-state index contributed by atoms with van der Waals surface area (Å²) in [4.78, 5) is 24.7. The number of rotatable bonds is 8. The minimum absolute atomic E-state index is 0.0433. The van der Waals surface area contributed by atoms with Gasteiger partial charge in [-0.25, -0.2) is 0 Å². The molecule has 2 unspecified atom stereocenters. The van der Waals surface area contributed by atoms with Crippen molar-refractivity contribution in [3.05, 3.63) is 82.0 Å².